The fraction of sp³-hybridized carbons (Fsp3) is 0.636. The normalized spacial score (nSPS) is 18.1. The van der Waals surface area contributed by atoms with Gasteiger partial charge in [-0.1, -0.05) is 0 Å². The quantitative estimate of drug-likeness (QED) is 0.768. The maximum atomic E-state index is 12.5. The molecule has 2 heterocycles. The van der Waals surface area contributed by atoms with Gasteiger partial charge in [-0.25, -0.2) is 9.97 Å². The van der Waals surface area contributed by atoms with Crippen LogP contribution >= 0.6 is 0 Å². The van der Waals surface area contributed by atoms with Gasteiger partial charge in [-0.2, -0.15) is 13.2 Å². The van der Waals surface area contributed by atoms with Crippen molar-refractivity contribution in [1.29, 1.82) is 0 Å². The van der Waals surface area contributed by atoms with Gasteiger partial charge in [0, 0.05) is 19.2 Å². The van der Waals surface area contributed by atoms with E-state index in [0.717, 1.165) is 12.4 Å². The SMILES string of the molecule is FCC1CCN(c2cc(C(F)(F)F)ncn2)CC1. The summed E-state index contributed by atoms with van der Waals surface area (Å²) in [6.45, 7) is 0.692. The third-order valence-electron chi connectivity index (χ3n) is 3.10. The fourth-order valence-electron chi connectivity index (χ4n) is 1.99. The zero-order valence-corrected chi connectivity index (χ0v) is 9.62. The van der Waals surface area contributed by atoms with Crippen LogP contribution < -0.4 is 4.90 Å². The summed E-state index contributed by atoms with van der Waals surface area (Å²) >= 11 is 0. The van der Waals surface area contributed by atoms with E-state index in [1.54, 1.807) is 4.90 Å². The summed E-state index contributed by atoms with van der Waals surface area (Å²) < 4.78 is 49.9. The number of alkyl halides is 4. The molecule has 100 valence electrons. The van der Waals surface area contributed by atoms with Crippen LogP contribution in [0.5, 0.6) is 0 Å². The molecule has 1 aliphatic rings. The largest absolute Gasteiger partial charge is 0.433 e. The molecule has 18 heavy (non-hydrogen) atoms. The van der Waals surface area contributed by atoms with Crippen LogP contribution in [0.3, 0.4) is 0 Å². The number of aromatic nitrogens is 2. The number of hydrogen-bond donors (Lipinski definition) is 0. The van der Waals surface area contributed by atoms with Crippen molar-refractivity contribution in [1.82, 2.24) is 9.97 Å². The number of anilines is 1. The number of nitrogens with zero attached hydrogens (tertiary/aromatic N) is 3. The van der Waals surface area contributed by atoms with Gasteiger partial charge in [-0.15, -0.1) is 0 Å². The highest BCUT2D eigenvalue weighted by Crippen LogP contribution is 2.30. The second kappa shape index (κ2) is 5.07. The smallest absolute Gasteiger partial charge is 0.356 e. The van der Waals surface area contributed by atoms with Crippen molar-refractivity contribution in [2.45, 2.75) is 19.0 Å². The van der Waals surface area contributed by atoms with Gasteiger partial charge in [-0.3, -0.25) is 4.39 Å². The maximum absolute atomic E-state index is 12.5. The predicted molar refractivity (Wildman–Crippen MR) is 57.9 cm³/mol. The van der Waals surface area contributed by atoms with Gasteiger partial charge in [-0.05, 0) is 18.8 Å². The van der Waals surface area contributed by atoms with Crippen molar-refractivity contribution in [2.75, 3.05) is 24.7 Å². The van der Waals surface area contributed by atoms with Crippen LogP contribution in [0.2, 0.25) is 0 Å². The molecule has 2 rings (SSSR count). The minimum Gasteiger partial charge on any atom is -0.356 e. The van der Waals surface area contributed by atoms with E-state index in [1.807, 2.05) is 0 Å². The maximum Gasteiger partial charge on any atom is 0.433 e. The van der Waals surface area contributed by atoms with Gasteiger partial charge in [0.05, 0.1) is 6.67 Å². The van der Waals surface area contributed by atoms with E-state index in [-0.39, 0.29) is 18.4 Å². The van der Waals surface area contributed by atoms with Gasteiger partial charge in [0.25, 0.3) is 0 Å². The van der Waals surface area contributed by atoms with E-state index in [2.05, 4.69) is 9.97 Å². The van der Waals surface area contributed by atoms with Crippen molar-refractivity contribution in [3.05, 3.63) is 18.1 Å². The molecule has 0 aromatic carbocycles. The van der Waals surface area contributed by atoms with Gasteiger partial charge in [0.2, 0.25) is 0 Å². The highest BCUT2D eigenvalue weighted by molar-refractivity contribution is 5.39. The molecule has 3 nitrogen and oxygen atoms in total. The molecule has 1 aromatic rings. The Hall–Kier alpha value is -1.40. The Morgan fingerprint density at radius 2 is 1.89 bits per heavy atom. The number of piperidine rings is 1. The molecular formula is C11H13F4N3. The van der Waals surface area contributed by atoms with Gasteiger partial charge in [0.15, 0.2) is 0 Å². The van der Waals surface area contributed by atoms with E-state index >= 15 is 0 Å². The number of hydrogen-bond acceptors (Lipinski definition) is 3. The first-order valence-corrected chi connectivity index (χ1v) is 5.71. The van der Waals surface area contributed by atoms with Crippen molar-refractivity contribution in [2.24, 2.45) is 5.92 Å². The van der Waals surface area contributed by atoms with Crippen LogP contribution in [0.4, 0.5) is 23.4 Å². The van der Waals surface area contributed by atoms with Crippen molar-refractivity contribution >= 4 is 5.82 Å². The first-order chi connectivity index (χ1) is 8.50. The molecule has 0 spiro atoms. The van der Waals surface area contributed by atoms with Gasteiger partial charge < -0.3 is 4.90 Å². The Morgan fingerprint density at radius 1 is 1.22 bits per heavy atom. The third-order valence-corrected chi connectivity index (χ3v) is 3.10. The lowest BCUT2D eigenvalue weighted by Gasteiger charge is -2.31. The minimum atomic E-state index is -4.46. The van der Waals surface area contributed by atoms with Crippen LogP contribution in [0.1, 0.15) is 18.5 Å². The van der Waals surface area contributed by atoms with E-state index in [9.17, 15) is 17.6 Å². The minimum absolute atomic E-state index is 0.0187. The molecule has 0 N–H and O–H groups in total. The lowest BCUT2D eigenvalue weighted by Crippen LogP contribution is -2.35. The Kier molecular flexibility index (Phi) is 3.68. The van der Waals surface area contributed by atoms with Crippen molar-refractivity contribution < 1.29 is 17.6 Å². The lowest BCUT2D eigenvalue weighted by molar-refractivity contribution is -0.141. The Labute approximate surface area is 102 Å². The molecule has 0 unspecified atom stereocenters. The van der Waals surface area contributed by atoms with E-state index < -0.39 is 11.9 Å². The summed E-state index contributed by atoms with van der Waals surface area (Å²) in [7, 11) is 0. The summed E-state index contributed by atoms with van der Waals surface area (Å²) in [5, 5.41) is 0. The molecule has 0 aliphatic carbocycles. The van der Waals surface area contributed by atoms with Crippen LogP contribution in [-0.4, -0.2) is 29.7 Å². The van der Waals surface area contributed by atoms with Gasteiger partial charge >= 0.3 is 6.18 Å². The fourth-order valence-corrected chi connectivity index (χ4v) is 1.99. The molecule has 1 saturated heterocycles. The molecule has 0 atom stereocenters. The van der Waals surface area contributed by atoms with Gasteiger partial charge in [0.1, 0.15) is 17.8 Å². The van der Waals surface area contributed by atoms with E-state index in [0.29, 0.717) is 25.9 Å². The molecule has 0 saturated carbocycles. The first kappa shape index (κ1) is 13.0. The Bertz CT molecular complexity index is 400. The van der Waals surface area contributed by atoms with Crippen molar-refractivity contribution in [3.63, 3.8) is 0 Å². The highest BCUT2D eigenvalue weighted by Gasteiger charge is 2.33. The predicted octanol–water partition coefficient (Wildman–Crippen LogP) is 2.68. The van der Waals surface area contributed by atoms with Crippen LogP contribution in [0, 0.1) is 5.92 Å². The summed E-state index contributed by atoms with van der Waals surface area (Å²) in [5.41, 5.74) is -0.944. The molecule has 1 aliphatic heterocycles. The average Bonchev–Trinajstić information content (AvgIpc) is 2.38. The lowest BCUT2D eigenvalue weighted by atomic mass is 9.98. The zero-order valence-electron chi connectivity index (χ0n) is 9.62. The second-order valence-corrected chi connectivity index (χ2v) is 4.34. The molecule has 0 radical (unpaired) electrons. The standard InChI is InChI=1S/C11H13F4N3/c12-6-8-1-3-18(4-2-8)10-5-9(11(13,14)15)16-7-17-10/h5,7-8H,1-4,6H2. The zero-order chi connectivity index (χ0) is 13.2. The molecule has 1 aromatic heterocycles. The summed E-state index contributed by atoms with van der Waals surface area (Å²) in [4.78, 5) is 8.80. The number of rotatable bonds is 2. The average molecular weight is 263 g/mol. The van der Waals surface area contributed by atoms with Crippen LogP contribution in [-0.2, 0) is 6.18 Å². The Morgan fingerprint density at radius 3 is 2.44 bits per heavy atom. The first-order valence-electron chi connectivity index (χ1n) is 5.71. The number of halogens is 4. The van der Waals surface area contributed by atoms with Crippen molar-refractivity contribution in [3.8, 4) is 0 Å². The Balaban J connectivity index is 2.10. The third kappa shape index (κ3) is 2.88. The molecular weight excluding hydrogens is 250 g/mol. The van der Waals surface area contributed by atoms with E-state index in [4.69, 9.17) is 0 Å². The van der Waals surface area contributed by atoms with Crippen LogP contribution in [0.25, 0.3) is 0 Å². The second-order valence-electron chi connectivity index (χ2n) is 4.34. The summed E-state index contributed by atoms with van der Waals surface area (Å²) in [5.74, 6) is 0.278. The molecule has 7 heteroatoms. The van der Waals surface area contributed by atoms with E-state index in [1.165, 1.54) is 0 Å². The monoisotopic (exact) mass is 263 g/mol. The topological polar surface area (TPSA) is 29.0 Å². The van der Waals surface area contributed by atoms with Crippen LogP contribution in [0.15, 0.2) is 12.4 Å². The summed E-state index contributed by atoms with van der Waals surface area (Å²) in [6.07, 6.45) is -2.27. The highest BCUT2D eigenvalue weighted by atomic mass is 19.4. The molecule has 0 amide bonds. The summed E-state index contributed by atoms with van der Waals surface area (Å²) in [6, 6.07) is 0.940. The molecule has 0 bridgehead atoms. The molecule has 1 fully saturated rings.